The molecular weight excluding hydrogens is 246 g/mol. The Morgan fingerprint density at radius 1 is 1.00 bits per heavy atom. The Labute approximate surface area is 116 Å². The molecule has 0 bridgehead atoms. The van der Waals surface area contributed by atoms with E-state index < -0.39 is 0 Å². The van der Waals surface area contributed by atoms with Gasteiger partial charge in [-0.05, 0) is 18.0 Å². The third kappa shape index (κ3) is 4.60. The molecule has 0 aliphatic carbocycles. The lowest BCUT2D eigenvalue weighted by Gasteiger charge is -2.18. The van der Waals surface area contributed by atoms with Crippen molar-refractivity contribution >= 4 is 11.6 Å². The van der Waals surface area contributed by atoms with Gasteiger partial charge in [0.05, 0.1) is 0 Å². The van der Waals surface area contributed by atoms with Crippen LogP contribution in [0.25, 0.3) is 0 Å². The minimum atomic E-state index is 0.00233. The first-order chi connectivity index (χ1) is 8.46. The van der Waals surface area contributed by atoms with Gasteiger partial charge in [0.1, 0.15) is 5.82 Å². The van der Waals surface area contributed by atoms with Gasteiger partial charge in [0.15, 0.2) is 0 Å². The van der Waals surface area contributed by atoms with Crippen molar-refractivity contribution < 1.29 is 0 Å². The van der Waals surface area contributed by atoms with Gasteiger partial charge in [-0.15, -0.1) is 10.2 Å². The summed E-state index contributed by atoms with van der Waals surface area (Å²) in [6.45, 7) is 9.61. The lowest BCUT2D eigenvalue weighted by atomic mass is 9.95. The van der Waals surface area contributed by atoms with E-state index in [1.165, 1.54) is 32.1 Å². The molecule has 0 saturated carbocycles. The average Bonchev–Trinajstić information content (AvgIpc) is 2.65. The largest absolute Gasteiger partial charge is 0.301 e. The van der Waals surface area contributed by atoms with Crippen molar-refractivity contribution in [3.05, 3.63) is 11.1 Å². The van der Waals surface area contributed by atoms with Crippen molar-refractivity contribution in [3.63, 3.8) is 0 Å². The first-order valence-electron chi connectivity index (χ1n) is 7.06. The molecule has 0 unspecified atom stereocenters. The van der Waals surface area contributed by atoms with Gasteiger partial charge in [0, 0.05) is 12.0 Å². The van der Waals surface area contributed by atoms with E-state index in [0.29, 0.717) is 5.28 Å². The molecule has 3 nitrogen and oxygen atoms in total. The van der Waals surface area contributed by atoms with E-state index in [0.717, 1.165) is 18.8 Å². The maximum Gasteiger partial charge on any atom is 0.225 e. The summed E-state index contributed by atoms with van der Waals surface area (Å²) in [6, 6.07) is 0. The first kappa shape index (κ1) is 15.5. The molecule has 0 aliphatic heterocycles. The predicted octanol–water partition coefficient (Wildman–Crippen LogP) is 4.59. The first-order valence-corrected chi connectivity index (χ1v) is 7.43. The summed E-state index contributed by atoms with van der Waals surface area (Å²) in [5.41, 5.74) is 0.00233. The molecule has 1 aromatic rings. The van der Waals surface area contributed by atoms with Gasteiger partial charge in [-0.3, -0.25) is 0 Å². The third-order valence-corrected chi connectivity index (χ3v) is 3.39. The van der Waals surface area contributed by atoms with Crippen LogP contribution in [0.2, 0.25) is 5.28 Å². The number of halogens is 1. The summed E-state index contributed by atoms with van der Waals surface area (Å²) < 4.78 is 2.06. The second kappa shape index (κ2) is 7.13. The number of unbranched alkanes of at least 4 members (excludes halogenated alkanes) is 5. The Morgan fingerprint density at radius 3 is 2.22 bits per heavy atom. The lowest BCUT2D eigenvalue weighted by Crippen LogP contribution is -2.19. The SMILES string of the molecule is CCCCCCCCn1c(Cl)nnc1C(C)(C)C. The van der Waals surface area contributed by atoms with Crippen LogP contribution in [0.4, 0.5) is 0 Å². The van der Waals surface area contributed by atoms with E-state index in [1.807, 2.05) is 0 Å². The van der Waals surface area contributed by atoms with Crippen LogP contribution >= 0.6 is 11.6 Å². The monoisotopic (exact) mass is 271 g/mol. The van der Waals surface area contributed by atoms with Crippen molar-refractivity contribution in [2.45, 2.75) is 78.2 Å². The Morgan fingerprint density at radius 2 is 1.61 bits per heavy atom. The predicted molar refractivity (Wildman–Crippen MR) is 77.1 cm³/mol. The number of hydrogen-bond acceptors (Lipinski definition) is 2. The summed E-state index contributed by atoms with van der Waals surface area (Å²) >= 11 is 6.10. The topological polar surface area (TPSA) is 30.7 Å². The van der Waals surface area contributed by atoms with Crippen LogP contribution in [0.15, 0.2) is 0 Å². The van der Waals surface area contributed by atoms with E-state index in [1.54, 1.807) is 0 Å². The second-order valence-corrected chi connectivity index (χ2v) is 6.30. The fourth-order valence-corrected chi connectivity index (χ4v) is 2.29. The van der Waals surface area contributed by atoms with Crippen molar-refractivity contribution in [1.82, 2.24) is 14.8 Å². The third-order valence-electron chi connectivity index (χ3n) is 3.11. The quantitative estimate of drug-likeness (QED) is 0.679. The summed E-state index contributed by atoms with van der Waals surface area (Å²) in [4.78, 5) is 0. The highest BCUT2D eigenvalue weighted by Crippen LogP contribution is 2.23. The fraction of sp³-hybridized carbons (Fsp3) is 0.857. The summed E-state index contributed by atoms with van der Waals surface area (Å²) in [5, 5.41) is 8.71. The van der Waals surface area contributed by atoms with Gasteiger partial charge in [0.25, 0.3) is 0 Å². The molecule has 18 heavy (non-hydrogen) atoms. The summed E-state index contributed by atoms with van der Waals surface area (Å²) in [6.07, 6.45) is 7.73. The zero-order valence-electron chi connectivity index (χ0n) is 12.2. The molecule has 0 atom stereocenters. The van der Waals surface area contributed by atoms with E-state index in [2.05, 4.69) is 42.5 Å². The fourth-order valence-electron chi connectivity index (χ4n) is 2.09. The smallest absolute Gasteiger partial charge is 0.225 e. The van der Waals surface area contributed by atoms with E-state index in [9.17, 15) is 0 Å². The molecule has 0 saturated heterocycles. The Balaban J connectivity index is 2.44. The van der Waals surface area contributed by atoms with E-state index >= 15 is 0 Å². The molecule has 104 valence electrons. The highest BCUT2D eigenvalue weighted by atomic mass is 35.5. The van der Waals surface area contributed by atoms with Crippen LogP contribution in [0.3, 0.4) is 0 Å². The number of rotatable bonds is 7. The number of nitrogens with zero attached hydrogens (tertiary/aromatic N) is 3. The highest BCUT2D eigenvalue weighted by Gasteiger charge is 2.22. The Hall–Kier alpha value is -0.570. The van der Waals surface area contributed by atoms with Crippen LogP contribution in [-0.2, 0) is 12.0 Å². The molecule has 1 rings (SSSR count). The Bertz CT molecular complexity index is 352. The molecule has 4 heteroatoms. The van der Waals surface area contributed by atoms with Gasteiger partial charge < -0.3 is 4.57 Å². The standard InChI is InChI=1S/C14H26ClN3/c1-5-6-7-8-9-10-11-18-12(14(2,3)4)16-17-13(18)15/h5-11H2,1-4H3. The van der Waals surface area contributed by atoms with Crippen LogP contribution in [0.1, 0.15) is 72.0 Å². The van der Waals surface area contributed by atoms with Gasteiger partial charge in [-0.1, -0.05) is 59.8 Å². The maximum absolute atomic E-state index is 6.10. The van der Waals surface area contributed by atoms with E-state index in [-0.39, 0.29) is 5.41 Å². The molecule has 0 fully saturated rings. The molecule has 1 heterocycles. The number of hydrogen-bond donors (Lipinski definition) is 0. The van der Waals surface area contributed by atoms with Crippen LogP contribution in [0.5, 0.6) is 0 Å². The van der Waals surface area contributed by atoms with Crippen LogP contribution in [0, 0.1) is 0 Å². The van der Waals surface area contributed by atoms with Crippen LogP contribution in [-0.4, -0.2) is 14.8 Å². The highest BCUT2D eigenvalue weighted by molar-refractivity contribution is 6.28. The van der Waals surface area contributed by atoms with Gasteiger partial charge >= 0.3 is 0 Å². The minimum absolute atomic E-state index is 0.00233. The maximum atomic E-state index is 6.10. The molecule has 1 aromatic heterocycles. The van der Waals surface area contributed by atoms with Gasteiger partial charge in [0.2, 0.25) is 5.28 Å². The zero-order chi connectivity index (χ0) is 13.6. The van der Waals surface area contributed by atoms with Crippen LogP contribution < -0.4 is 0 Å². The second-order valence-electron chi connectivity index (χ2n) is 5.96. The minimum Gasteiger partial charge on any atom is -0.301 e. The molecule has 0 amide bonds. The molecule has 0 aliphatic rings. The molecule has 0 N–H and O–H groups in total. The Kier molecular flexibility index (Phi) is 6.13. The average molecular weight is 272 g/mol. The van der Waals surface area contributed by atoms with Crippen molar-refractivity contribution in [1.29, 1.82) is 0 Å². The summed E-state index contributed by atoms with van der Waals surface area (Å²) in [7, 11) is 0. The molecule has 0 aromatic carbocycles. The molecule has 0 spiro atoms. The summed E-state index contributed by atoms with van der Waals surface area (Å²) in [5.74, 6) is 0.987. The van der Waals surface area contributed by atoms with Crippen molar-refractivity contribution in [2.75, 3.05) is 0 Å². The van der Waals surface area contributed by atoms with Crippen molar-refractivity contribution in [3.8, 4) is 0 Å². The number of aromatic nitrogens is 3. The normalized spacial score (nSPS) is 12.1. The molecule has 0 radical (unpaired) electrons. The van der Waals surface area contributed by atoms with E-state index in [4.69, 9.17) is 11.6 Å². The lowest BCUT2D eigenvalue weighted by molar-refractivity contribution is 0.478. The van der Waals surface area contributed by atoms with Gasteiger partial charge in [-0.2, -0.15) is 0 Å². The zero-order valence-corrected chi connectivity index (χ0v) is 12.9. The van der Waals surface area contributed by atoms with Gasteiger partial charge in [-0.25, -0.2) is 0 Å². The molecular formula is C14H26ClN3. The van der Waals surface area contributed by atoms with Crippen molar-refractivity contribution in [2.24, 2.45) is 0 Å².